The van der Waals surface area contributed by atoms with Gasteiger partial charge in [-0.15, -0.1) is 0 Å². The molecule has 0 saturated carbocycles. The van der Waals surface area contributed by atoms with E-state index in [0.717, 1.165) is 48.3 Å². The van der Waals surface area contributed by atoms with Crippen molar-refractivity contribution in [2.75, 3.05) is 6.54 Å². The Hall–Kier alpha value is -2.30. The van der Waals surface area contributed by atoms with E-state index in [-0.39, 0.29) is 11.7 Å². The largest absolute Gasteiger partial charge is 0.507 e. The lowest BCUT2D eigenvalue weighted by Gasteiger charge is -2.18. The Kier molecular flexibility index (Phi) is 4.37. The topological polar surface area (TPSA) is 75.4 Å². The third kappa shape index (κ3) is 3.09. The van der Waals surface area contributed by atoms with Crippen molar-refractivity contribution in [2.24, 2.45) is 0 Å². The highest BCUT2D eigenvalue weighted by molar-refractivity contribution is 5.97. The second kappa shape index (κ2) is 6.44. The Bertz CT molecular complexity index is 715. The van der Waals surface area contributed by atoms with Crippen LogP contribution in [0.4, 0.5) is 0 Å². The lowest BCUT2D eigenvalue weighted by atomic mass is 9.89. The van der Waals surface area contributed by atoms with Crippen molar-refractivity contribution in [2.45, 2.75) is 46.0 Å². The fraction of sp³-hybridized carbons (Fsp3) is 0.444. The molecule has 1 amide bonds. The van der Waals surface area contributed by atoms with E-state index in [1.165, 1.54) is 5.56 Å². The van der Waals surface area contributed by atoms with Gasteiger partial charge in [-0.3, -0.25) is 4.79 Å². The minimum absolute atomic E-state index is 0.150. The molecule has 23 heavy (non-hydrogen) atoms. The van der Waals surface area contributed by atoms with Crippen LogP contribution < -0.4 is 5.32 Å². The Morgan fingerprint density at radius 3 is 2.83 bits per heavy atom. The van der Waals surface area contributed by atoms with Gasteiger partial charge < -0.3 is 14.9 Å². The van der Waals surface area contributed by atoms with Gasteiger partial charge in [0.25, 0.3) is 5.91 Å². The van der Waals surface area contributed by atoms with Crippen molar-refractivity contribution >= 4 is 5.91 Å². The Labute approximate surface area is 135 Å². The first kappa shape index (κ1) is 15.6. The molecular formula is C18H22N2O3. The first-order valence-electron chi connectivity index (χ1n) is 8.11. The number of aromatic nitrogens is 1. The second-order valence-corrected chi connectivity index (χ2v) is 6.12. The number of nitrogens with zero attached hydrogens (tertiary/aromatic N) is 1. The summed E-state index contributed by atoms with van der Waals surface area (Å²) in [5.41, 5.74) is 4.35. The van der Waals surface area contributed by atoms with E-state index in [2.05, 4.69) is 10.5 Å². The summed E-state index contributed by atoms with van der Waals surface area (Å²) in [4.78, 5) is 12.3. The number of amides is 1. The van der Waals surface area contributed by atoms with Crippen LogP contribution in [0.25, 0.3) is 0 Å². The zero-order chi connectivity index (χ0) is 16.4. The second-order valence-electron chi connectivity index (χ2n) is 6.12. The summed E-state index contributed by atoms with van der Waals surface area (Å²) in [5, 5.41) is 17.2. The van der Waals surface area contributed by atoms with Gasteiger partial charge in [-0.25, -0.2) is 0 Å². The molecule has 2 aromatic rings. The standard InChI is InChI=1S/C18H22N2O3/c1-11-14(12(2)23-20-11)9-10-19-18(22)16-8-7-13-5-3-4-6-15(13)17(16)21/h7-8,21H,3-6,9-10H2,1-2H3,(H,19,22). The number of rotatable bonds is 4. The number of hydrogen-bond acceptors (Lipinski definition) is 4. The lowest BCUT2D eigenvalue weighted by Crippen LogP contribution is -2.26. The number of benzene rings is 1. The van der Waals surface area contributed by atoms with Crippen LogP contribution >= 0.6 is 0 Å². The van der Waals surface area contributed by atoms with E-state index >= 15 is 0 Å². The van der Waals surface area contributed by atoms with Crippen molar-refractivity contribution in [3.8, 4) is 5.75 Å². The van der Waals surface area contributed by atoms with Crippen molar-refractivity contribution < 1.29 is 14.4 Å². The number of nitrogens with one attached hydrogen (secondary N) is 1. The maximum absolute atomic E-state index is 12.3. The zero-order valence-electron chi connectivity index (χ0n) is 13.6. The number of aryl methyl sites for hydroxylation is 3. The molecule has 0 spiro atoms. The quantitative estimate of drug-likeness (QED) is 0.910. The third-order valence-electron chi connectivity index (χ3n) is 4.59. The van der Waals surface area contributed by atoms with Crippen LogP contribution in [0.3, 0.4) is 0 Å². The zero-order valence-corrected chi connectivity index (χ0v) is 13.6. The van der Waals surface area contributed by atoms with Crippen molar-refractivity contribution in [1.82, 2.24) is 10.5 Å². The molecule has 0 saturated heterocycles. The van der Waals surface area contributed by atoms with Crippen LogP contribution in [0.5, 0.6) is 5.75 Å². The molecule has 0 atom stereocenters. The molecular weight excluding hydrogens is 292 g/mol. The van der Waals surface area contributed by atoms with Gasteiger partial charge in [0.15, 0.2) is 0 Å². The van der Waals surface area contributed by atoms with Gasteiger partial charge in [0.1, 0.15) is 11.5 Å². The summed E-state index contributed by atoms with van der Waals surface area (Å²) in [6, 6.07) is 3.70. The Morgan fingerprint density at radius 2 is 2.09 bits per heavy atom. The van der Waals surface area contributed by atoms with Crippen LogP contribution in [-0.4, -0.2) is 22.7 Å². The normalized spacial score (nSPS) is 13.7. The van der Waals surface area contributed by atoms with E-state index in [9.17, 15) is 9.90 Å². The summed E-state index contributed by atoms with van der Waals surface area (Å²) in [6.07, 6.45) is 4.71. The first-order chi connectivity index (χ1) is 11.1. The van der Waals surface area contributed by atoms with E-state index in [4.69, 9.17) is 4.52 Å². The average molecular weight is 314 g/mol. The van der Waals surface area contributed by atoms with E-state index < -0.39 is 0 Å². The summed E-state index contributed by atoms with van der Waals surface area (Å²) in [5.74, 6) is 0.702. The third-order valence-corrected chi connectivity index (χ3v) is 4.59. The van der Waals surface area contributed by atoms with Gasteiger partial charge in [-0.2, -0.15) is 0 Å². The highest BCUT2D eigenvalue weighted by Gasteiger charge is 2.19. The fourth-order valence-corrected chi connectivity index (χ4v) is 3.25. The summed E-state index contributed by atoms with van der Waals surface area (Å²) in [6.45, 7) is 4.24. The SMILES string of the molecule is Cc1noc(C)c1CCNC(=O)c1ccc2c(c1O)CCCC2. The molecule has 1 aliphatic carbocycles. The summed E-state index contributed by atoms with van der Waals surface area (Å²) >= 11 is 0. The highest BCUT2D eigenvalue weighted by Crippen LogP contribution is 2.31. The Balaban J connectivity index is 1.67. The molecule has 5 heteroatoms. The highest BCUT2D eigenvalue weighted by atomic mass is 16.5. The van der Waals surface area contributed by atoms with Crippen LogP contribution in [0.1, 0.15) is 51.3 Å². The fourth-order valence-electron chi connectivity index (χ4n) is 3.25. The number of phenolic OH excluding ortho intramolecular Hbond substituents is 1. The van der Waals surface area contributed by atoms with Crippen molar-refractivity contribution in [3.05, 3.63) is 45.8 Å². The van der Waals surface area contributed by atoms with Gasteiger partial charge in [-0.1, -0.05) is 11.2 Å². The van der Waals surface area contributed by atoms with E-state index in [1.54, 1.807) is 6.07 Å². The monoisotopic (exact) mass is 314 g/mol. The van der Waals surface area contributed by atoms with Crippen molar-refractivity contribution in [1.29, 1.82) is 0 Å². The van der Waals surface area contributed by atoms with Crippen LogP contribution in [0.15, 0.2) is 16.7 Å². The molecule has 2 N–H and O–H groups in total. The number of carbonyl (C=O) groups is 1. The van der Waals surface area contributed by atoms with Crippen LogP contribution in [0.2, 0.25) is 0 Å². The molecule has 1 aromatic carbocycles. The predicted molar refractivity (Wildman–Crippen MR) is 86.8 cm³/mol. The molecule has 5 nitrogen and oxygen atoms in total. The molecule has 1 heterocycles. The average Bonchev–Trinajstić information content (AvgIpc) is 2.87. The molecule has 0 unspecified atom stereocenters. The van der Waals surface area contributed by atoms with Gasteiger partial charge in [0.2, 0.25) is 0 Å². The molecule has 0 bridgehead atoms. The number of phenols is 1. The van der Waals surface area contributed by atoms with Gasteiger partial charge in [0.05, 0.1) is 11.3 Å². The lowest BCUT2D eigenvalue weighted by molar-refractivity contribution is 0.0951. The number of fused-ring (bicyclic) bond motifs is 1. The molecule has 1 aromatic heterocycles. The van der Waals surface area contributed by atoms with Crippen LogP contribution in [0, 0.1) is 13.8 Å². The number of hydrogen-bond donors (Lipinski definition) is 2. The summed E-state index contributed by atoms with van der Waals surface area (Å²) in [7, 11) is 0. The maximum Gasteiger partial charge on any atom is 0.255 e. The number of carbonyl (C=O) groups excluding carboxylic acids is 1. The Morgan fingerprint density at radius 1 is 1.30 bits per heavy atom. The maximum atomic E-state index is 12.3. The smallest absolute Gasteiger partial charge is 0.255 e. The minimum Gasteiger partial charge on any atom is -0.507 e. The van der Waals surface area contributed by atoms with Crippen molar-refractivity contribution in [3.63, 3.8) is 0 Å². The molecule has 0 aliphatic heterocycles. The van der Waals surface area contributed by atoms with E-state index in [0.29, 0.717) is 18.5 Å². The molecule has 3 rings (SSSR count). The van der Waals surface area contributed by atoms with Gasteiger partial charge >= 0.3 is 0 Å². The predicted octanol–water partition coefficient (Wildman–Crippen LogP) is 2.85. The minimum atomic E-state index is -0.234. The molecule has 122 valence electrons. The molecule has 0 radical (unpaired) electrons. The summed E-state index contributed by atoms with van der Waals surface area (Å²) < 4.78 is 5.12. The number of aromatic hydroxyl groups is 1. The first-order valence-corrected chi connectivity index (χ1v) is 8.11. The molecule has 0 fully saturated rings. The van der Waals surface area contributed by atoms with Gasteiger partial charge in [0, 0.05) is 12.1 Å². The van der Waals surface area contributed by atoms with Gasteiger partial charge in [-0.05, 0) is 63.1 Å². The molecule has 1 aliphatic rings. The van der Waals surface area contributed by atoms with E-state index in [1.807, 2.05) is 19.9 Å². The van der Waals surface area contributed by atoms with Crippen LogP contribution in [-0.2, 0) is 19.3 Å².